The lowest BCUT2D eigenvalue weighted by molar-refractivity contribution is -0.197. The van der Waals surface area contributed by atoms with E-state index >= 15 is 0 Å². The molecular formula is C11H26NO3PS. The molecule has 0 amide bonds. The molecule has 0 spiro atoms. The minimum absolute atomic E-state index is 0.419. The third kappa shape index (κ3) is 8.22. The standard InChI is InChI=1S/C11H26NO3PS/c1-7-14-15-16(6,13)17-9-8-12(10(2)3)11(4)5/h10-11H,7-9H2,1-6H3. The van der Waals surface area contributed by atoms with Crippen LogP contribution in [-0.4, -0.2) is 42.6 Å². The van der Waals surface area contributed by atoms with E-state index in [4.69, 9.17) is 9.56 Å². The Labute approximate surface area is 110 Å². The van der Waals surface area contributed by atoms with Crippen LogP contribution in [0, 0.1) is 0 Å². The van der Waals surface area contributed by atoms with Gasteiger partial charge in [0.05, 0.1) is 6.61 Å². The quantitative estimate of drug-likeness (QED) is 0.367. The highest BCUT2D eigenvalue weighted by atomic mass is 32.7. The molecule has 1 atom stereocenters. The van der Waals surface area contributed by atoms with Gasteiger partial charge in [0, 0.05) is 31.0 Å². The zero-order valence-electron chi connectivity index (χ0n) is 11.8. The number of nitrogens with zero attached hydrogens (tertiary/aromatic N) is 1. The fraction of sp³-hybridized carbons (Fsp3) is 1.00. The molecule has 0 heterocycles. The first-order valence-electron chi connectivity index (χ1n) is 6.09. The van der Waals surface area contributed by atoms with Gasteiger partial charge < -0.3 is 0 Å². The lowest BCUT2D eigenvalue weighted by atomic mass is 10.2. The molecule has 0 N–H and O–H groups in total. The summed E-state index contributed by atoms with van der Waals surface area (Å²) in [6.45, 7) is 10.8. The van der Waals surface area contributed by atoms with E-state index in [1.165, 1.54) is 11.4 Å². The molecule has 0 radical (unpaired) electrons. The van der Waals surface area contributed by atoms with Crippen molar-refractivity contribution in [2.24, 2.45) is 0 Å². The van der Waals surface area contributed by atoms with Crippen LogP contribution >= 0.6 is 18.0 Å². The van der Waals surface area contributed by atoms with Gasteiger partial charge >= 0.3 is 0 Å². The fourth-order valence-electron chi connectivity index (χ4n) is 1.59. The van der Waals surface area contributed by atoms with Crippen LogP contribution in [0.5, 0.6) is 0 Å². The summed E-state index contributed by atoms with van der Waals surface area (Å²) in [5, 5.41) is 0. The van der Waals surface area contributed by atoms with Crippen LogP contribution in [0.2, 0.25) is 0 Å². The summed E-state index contributed by atoms with van der Waals surface area (Å²) < 4.78 is 16.8. The second-order valence-corrected chi connectivity index (χ2v) is 9.63. The maximum Gasteiger partial charge on any atom is 0.284 e. The van der Waals surface area contributed by atoms with Crippen LogP contribution in [0.1, 0.15) is 34.6 Å². The lowest BCUT2D eigenvalue weighted by Crippen LogP contribution is -2.38. The molecule has 0 aromatic rings. The average Bonchev–Trinajstić information content (AvgIpc) is 2.20. The lowest BCUT2D eigenvalue weighted by Gasteiger charge is -2.30. The topological polar surface area (TPSA) is 38.8 Å². The summed E-state index contributed by atoms with van der Waals surface area (Å²) >= 11 is 1.35. The Morgan fingerprint density at radius 1 is 1.24 bits per heavy atom. The van der Waals surface area contributed by atoms with E-state index in [-0.39, 0.29) is 0 Å². The van der Waals surface area contributed by atoms with Crippen molar-refractivity contribution < 1.29 is 14.1 Å². The van der Waals surface area contributed by atoms with Crippen molar-refractivity contribution >= 4 is 18.0 Å². The molecule has 0 saturated carbocycles. The molecular weight excluding hydrogens is 257 g/mol. The normalized spacial score (nSPS) is 15.8. The smallest absolute Gasteiger partial charge is 0.284 e. The Bertz CT molecular complexity index is 241. The summed E-state index contributed by atoms with van der Waals surface area (Å²) in [7, 11) is 0. The van der Waals surface area contributed by atoms with E-state index in [1.807, 2.05) is 6.92 Å². The molecule has 0 aliphatic carbocycles. The monoisotopic (exact) mass is 283 g/mol. The molecule has 104 valence electrons. The summed E-state index contributed by atoms with van der Waals surface area (Å²) in [5.41, 5.74) is 0. The first-order chi connectivity index (χ1) is 7.80. The summed E-state index contributed by atoms with van der Waals surface area (Å²) in [4.78, 5) is 7.12. The maximum absolute atomic E-state index is 11.9. The van der Waals surface area contributed by atoms with E-state index in [0.29, 0.717) is 18.7 Å². The van der Waals surface area contributed by atoms with Crippen molar-refractivity contribution in [3.63, 3.8) is 0 Å². The Balaban J connectivity index is 3.99. The molecule has 4 nitrogen and oxygen atoms in total. The Morgan fingerprint density at radius 2 is 1.76 bits per heavy atom. The van der Waals surface area contributed by atoms with Gasteiger partial charge in [-0.2, -0.15) is 4.67 Å². The minimum atomic E-state index is -2.66. The van der Waals surface area contributed by atoms with Crippen LogP contribution in [0.3, 0.4) is 0 Å². The van der Waals surface area contributed by atoms with Crippen molar-refractivity contribution in [3.8, 4) is 0 Å². The van der Waals surface area contributed by atoms with Crippen molar-refractivity contribution in [2.75, 3.05) is 25.6 Å². The van der Waals surface area contributed by atoms with E-state index in [1.54, 1.807) is 6.66 Å². The van der Waals surface area contributed by atoms with Gasteiger partial charge in [-0.05, 0) is 34.6 Å². The predicted octanol–water partition coefficient (Wildman–Crippen LogP) is 3.63. The van der Waals surface area contributed by atoms with Gasteiger partial charge in [0.15, 0.2) is 0 Å². The number of rotatable bonds is 9. The van der Waals surface area contributed by atoms with Crippen molar-refractivity contribution in [1.82, 2.24) is 4.90 Å². The minimum Gasteiger partial charge on any atom is -0.298 e. The van der Waals surface area contributed by atoms with Gasteiger partial charge in [0.25, 0.3) is 6.57 Å². The fourth-order valence-corrected chi connectivity index (χ4v) is 4.06. The molecule has 0 saturated heterocycles. The van der Waals surface area contributed by atoms with Gasteiger partial charge in [-0.25, -0.2) is 4.89 Å². The van der Waals surface area contributed by atoms with E-state index in [0.717, 1.165) is 12.3 Å². The van der Waals surface area contributed by atoms with E-state index in [2.05, 4.69) is 32.6 Å². The highest BCUT2D eigenvalue weighted by Gasteiger charge is 2.20. The Hall–Kier alpha value is 0.460. The molecule has 6 heteroatoms. The number of hydrogen-bond acceptors (Lipinski definition) is 5. The molecule has 1 unspecified atom stereocenters. The Kier molecular flexibility index (Phi) is 8.77. The molecule has 0 fully saturated rings. The molecule has 0 bridgehead atoms. The largest absolute Gasteiger partial charge is 0.298 e. The SMILES string of the molecule is CCOOP(C)(=O)SCCN(C(C)C)C(C)C. The van der Waals surface area contributed by atoms with Crippen LogP contribution in [0.15, 0.2) is 0 Å². The molecule has 0 aliphatic heterocycles. The van der Waals surface area contributed by atoms with Crippen LogP contribution in [-0.2, 0) is 14.1 Å². The zero-order valence-corrected chi connectivity index (χ0v) is 13.5. The average molecular weight is 283 g/mol. The van der Waals surface area contributed by atoms with Crippen molar-refractivity contribution in [1.29, 1.82) is 0 Å². The van der Waals surface area contributed by atoms with Crippen LogP contribution in [0.25, 0.3) is 0 Å². The molecule has 0 aliphatic rings. The zero-order chi connectivity index (χ0) is 13.5. The van der Waals surface area contributed by atoms with Gasteiger partial charge in [-0.15, -0.1) is 0 Å². The Morgan fingerprint density at radius 3 is 2.18 bits per heavy atom. The maximum atomic E-state index is 11.9. The van der Waals surface area contributed by atoms with E-state index < -0.39 is 6.57 Å². The third-order valence-corrected chi connectivity index (χ3v) is 5.66. The van der Waals surface area contributed by atoms with Gasteiger partial charge in [0.2, 0.25) is 0 Å². The second kappa shape index (κ2) is 8.54. The predicted molar refractivity (Wildman–Crippen MR) is 75.7 cm³/mol. The van der Waals surface area contributed by atoms with Gasteiger partial charge in [0.1, 0.15) is 0 Å². The molecule has 17 heavy (non-hydrogen) atoms. The van der Waals surface area contributed by atoms with Crippen LogP contribution in [0.4, 0.5) is 0 Å². The van der Waals surface area contributed by atoms with Gasteiger partial charge in [-0.3, -0.25) is 9.46 Å². The number of hydrogen-bond donors (Lipinski definition) is 0. The van der Waals surface area contributed by atoms with Gasteiger partial charge in [-0.1, -0.05) is 11.4 Å². The van der Waals surface area contributed by atoms with Crippen molar-refractivity contribution in [3.05, 3.63) is 0 Å². The molecule has 0 aromatic carbocycles. The van der Waals surface area contributed by atoms with Crippen molar-refractivity contribution in [2.45, 2.75) is 46.7 Å². The third-order valence-electron chi connectivity index (χ3n) is 2.31. The second-order valence-electron chi connectivity index (χ2n) is 4.51. The summed E-state index contributed by atoms with van der Waals surface area (Å²) in [5.74, 6) is 0.789. The summed E-state index contributed by atoms with van der Waals surface area (Å²) in [6.07, 6.45) is 0. The molecule has 0 rings (SSSR count). The first-order valence-corrected chi connectivity index (χ1v) is 9.75. The van der Waals surface area contributed by atoms with Crippen LogP contribution < -0.4 is 0 Å². The first kappa shape index (κ1) is 17.5. The highest BCUT2D eigenvalue weighted by Crippen LogP contribution is 2.56. The summed E-state index contributed by atoms with van der Waals surface area (Å²) in [6, 6.07) is 0.999. The highest BCUT2D eigenvalue weighted by molar-refractivity contribution is 8.56. The molecule has 0 aromatic heterocycles. The van der Waals surface area contributed by atoms with E-state index in [9.17, 15) is 4.57 Å².